The lowest BCUT2D eigenvalue weighted by Crippen LogP contribution is -2.48. The van der Waals surface area contributed by atoms with E-state index in [-0.39, 0.29) is 5.91 Å². The van der Waals surface area contributed by atoms with Gasteiger partial charge in [-0.25, -0.2) is 4.79 Å². The van der Waals surface area contributed by atoms with E-state index in [9.17, 15) is 9.59 Å². The Kier molecular flexibility index (Phi) is 7.44. The smallest absolute Gasteiger partial charge is 0.408 e. The van der Waals surface area contributed by atoms with Crippen molar-refractivity contribution in [1.29, 1.82) is 0 Å². The molecule has 2 rings (SSSR count). The van der Waals surface area contributed by atoms with Crippen molar-refractivity contribution in [3.8, 4) is 5.75 Å². The minimum atomic E-state index is -0.726. The minimum absolute atomic E-state index is 0.282. The minimum Gasteiger partial charge on any atom is -0.489 e. The molecule has 2 aromatic carbocycles. The maximum Gasteiger partial charge on any atom is 0.408 e. The molecule has 0 spiro atoms. The van der Waals surface area contributed by atoms with Gasteiger partial charge < -0.3 is 20.1 Å². The number of carbonyl (C=O) groups is 2. The Morgan fingerprint density at radius 1 is 0.964 bits per heavy atom. The van der Waals surface area contributed by atoms with E-state index >= 15 is 0 Å². The van der Waals surface area contributed by atoms with Crippen molar-refractivity contribution in [2.45, 2.75) is 45.4 Å². The van der Waals surface area contributed by atoms with E-state index in [4.69, 9.17) is 9.47 Å². The number of hydrogen-bond acceptors (Lipinski definition) is 4. The Hall–Kier alpha value is -3.02. The molecule has 1 atom stereocenters. The highest BCUT2D eigenvalue weighted by molar-refractivity contribution is 5.85. The van der Waals surface area contributed by atoms with Crippen LogP contribution >= 0.6 is 0 Å². The normalized spacial score (nSPS) is 12.0. The molecule has 0 aliphatic rings. The first-order valence-corrected chi connectivity index (χ1v) is 9.23. The fraction of sp³-hybridized carbons (Fsp3) is 0.364. The summed E-state index contributed by atoms with van der Waals surface area (Å²) in [5.41, 5.74) is 1.36. The molecule has 0 bridgehead atoms. The summed E-state index contributed by atoms with van der Waals surface area (Å²) in [5.74, 6) is 0.458. The highest BCUT2D eigenvalue weighted by Gasteiger charge is 2.24. The van der Waals surface area contributed by atoms with Crippen LogP contribution in [0.3, 0.4) is 0 Å². The summed E-state index contributed by atoms with van der Waals surface area (Å²) in [7, 11) is 1.53. The summed E-state index contributed by atoms with van der Waals surface area (Å²) in [6, 6.07) is 16.7. The van der Waals surface area contributed by atoms with Gasteiger partial charge in [0.05, 0.1) is 0 Å². The molecular formula is C22H28N2O4. The Morgan fingerprint density at radius 2 is 1.61 bits per heavy atom. The second kappa shape index (κ2) is 9.78. The topological polar surface area (TPSA) is 76.7 Å². The Balaban J connectivity index is 1.96. The first-order valence-electron chi connectivity index (χ1n) is 9.23. The first kappa shape index (κ1) is 21.3. The number of amides is 2. The number of likely N-dealkylation sites (N-methyl/N-ethyl adjacent to an activating group) is 1. The highest BCUT2D eigenvalue weighted by atomic mass is 16.6. The van der Waals surface area contributed by atoms with E-state index < -0.39 is 17.7 Å². The molecular weight excluding hydrogens is 356 g/mol. The van der Waals surface area contributed by atoms with Crippen LogP contribution in [0.5, 0.6) is 5.75 Å². The van der Waals surface area contributed by atoms with Gasteiger partial charge in [-0.2, -0.15) is 0 Å². The molecule has 0 aliphatic heterocycles. The van der Waals surface area contributed by atoms with Gasteiger partial charge in [0.1, 0.15) is 24.0 Å². The van der Waals surface area contributed by atoms with E-state index in [1.165, 1.54) is 7.05 Å². The van der Waals surface area contributed by atoms with Gasteiger partial charge in [-0.3, -0.25) is 4.79 Å². The second-order valence-corrected chi connectivity index (χ2v) is 7.44. The lowest BCUT2D eigenvalue weighted by atomic mass is 10.1. The predicted molar refractivity (Wildman–Crippen MR) is 108 cm³/mol. The average molecular weight is 384 g/mol. The summed E-state index contributed by atoms with van der Waals surface area (Å²) in [6.07, 6.45) is -0.276. The average Bonchev–Trinajstić information content (AvgIpc) is 2.65. The van der Waals surface area contributed by atoms with Gasteiger partial charge >= 0.3 is 6.09 Å². The molecule has 0 fully saturated rings. The summed E-state index contributed by atoms with van der Waals surface area (Å²) in [5, 5.41) is 5.20. The van der Waals surface area contributed by atoms with Crippen LogP contribution in [0.1, 0.15) is 31.9 Å². The molecule has 28 heavy (non-hydrogen) atoms. The zero-order chi connectivity index (χ0) is 20.6. The molecule has 2 N–H and O–H groups in total. The molecule has 150 valence electrons. The van der Waals surface area contributed by atoms with Crippen molar-refractivity contribution in [2.24, 2.45) is 0 Å². The quantitative estimate of drug-likeness (QED) is 0.767. The van der Waals surface area contributed by atoms with Crippen molar-refractivity contribution < 1.29 is 19.1 Å². The van der Waals surface area contributed by atoms with Crippen LogP contribution in [-0.4, -0.2) is 30.7 Å². The van der Waals surface area contributed by atoms with Crippen LogP contribution in [0.25, 0.3) is 0 Å². The summed E-state index contributed by atoms with van der Waals surface area (Å²) < 4.78 is 11.0. The van der Waals surface area contributed by atoms with Gasteiger partial charge in [0.15, 0.2) is 0 Å². The molecule has 0 saturated heterocycles. The molecule has 0 unspecified atom stereocenters. The third-order valence-electron chi connectivity index (χ3n) is 3.87. The van der Waals surface area contributed by atoms with Crippen molar-refractivity contribution in [3.63, 3.8) is 0 Å². The maximum atomic E-state index is 12.1. The lowest BCUT2D eigenvalue weighted by Gasteiger charge is -2.23. The number of ether oxygens (including phenoxy) is 2. The van der Waals surface area contributed by atoms with E-state index in [1.54, 1.807) is 20.8 Å². The van der Waals surface area contributed by atoms with Crippen molar-refractivity contribution >= 4 is 12.0 Å². The highest BCUT2D eigenvalue weighted by Crippen LogP contribution is 2.16. The molecule has 0 aliphatic carbocycles. The summed E-state index contributed by atoms with van der Waals surface area (Å²) in [6.45, 7) is 5.81. The molecule has 6 nitrogen and oxygen atoms in total. The van der Waals surface area contributed by atoms with E-state index in [2.05, 4.69) is 10.6 Å². The van der Waals surface area contributed by atoms with Crippen LogP contribution in [0, 0.1) is 0 Å². The molecule has 2 amide bonds. The second-order valence-electron chi connectivity index (χ2n) is 7.44. The van der Waals surface area contributed by atoms with Gasteiger partial charge in [-0.15, -0.1) is 0 Å². The molecule has 6 heteroatoms. The molecule has 0 aromatic heterocycles. The molecule has 0 heterocycles. The fourth-order valence-corrected chi connectivity index (χ4v) is 2.53. The van der Waals surface area contributed by atoms with Crippen LogP contribution in [-0.2, 0) is 22.6 Å². The maximum absolute atomic E-state index is 12.1. The predicted octanol–water partition coefficient (Wildman–Crippen LogP) is 3.45. The standard InChI is InChI=1S/C22H28N2O4/c1-22(2,3)28-21(26)24-19(20(25)23-4)14-16-10-12-18(13-11-16)27-15-17-8-6-5-7-9-17/h5-13,19H,14-15H2,1-4H3,(H,23,25)(H,24,26)/t19-/m0/s1. The van der Waals surface area contributed by atoms with Crippen LogP contribution in [0.15, 0.2) is 54.6 Å². The zero-order valence-corrected chi connectivity index (χ0v) is 16.8. The number of carbonyl (C=O) groups excluding carboxylic acids is 2. The summed E-state index contributed by atoms with van der Waals surface area (Å²) >= 11 is 0. The molecule has 0 radical (unpaired) electrons. The van der Waals surface area contributed by atoms with Crippen molar-refractivity contribution in [1.82, 2.24) is 10.6 Å². The monoisotopic (exact) mass is 384 g/mol. The SMILES string of the molecule is CNC(=O)[C@H](Cc1ccc(OCc2ccccc2)cc1)NC(=O)OC(C)(C)C. The zero-order valence-electron chi connectivity index (χ0n) is 16.8. The van der Waals surface area contributed by atoms with Crippen LogP contribution in [0.4, 0.5) is 4.79 Å². The van der Waals surface area contributed by atoms with Gasteiger partial charge in [-0.1, -0.05) is 42.5 Å². The largest absolute Gasteiger partial charge is 0.489 e. The van der Waals surface area contributed by atoms with Crippen LogP contribution < -0.4 is 15.4 Å². The number of alkyl carbamates (subject to hydrolysis) is 1. The summed E-state index contributed by atoms with van der Waals surface area (Å²) in [4.78, 5) is 24.2. The Labute approximate surface area is 166 Å². The number of benzene rings is 2. The Bertz CT molecular complexity index is 767. The van der Waals surface area contributed by atoms with Crippen molar-refractivity contribution in [3.05, 3.63) is 65.7 Å². The Morgan fingerprint density at radius 3 is 2.18 bits per heavy atom. The van der Waals surface area contributed by atoms with Crippen molar-refractivity contribution in [2.75, 3.05) is 7.05 Å². The van der Waals surface area contributed by atoms with Gasteiger partial charge in [0.25, 0.3) is 0 Å². The number of hydrogen-bond donors (Lipinski definition) is 2. The lowest BCUT2D eigenvalue weighted by molar-refractivity contribution is -0.122. The van der Waals surface area contributed by atoms with E-state index in [0.717, 1.165) is 16.9 Å². The van der Waals surface area contributed by atoms with Gasteiger partial charge in [-0.05, 0) is 44.0 Å². The fourth-order valence-electron chi connectivity index (χ4n) is 2.53. The van der Waals surface area contributed by atoms with E-state index in [0.29, 0.717) is 13.0 Å². The van der Waals surface area contributed by atoms with E-state index in [1.807, 2.05) is 54.6 Å². The third-order valence-corrected chi connectivity index (χ3v) is 3.87. The third kappa shape index (κ3) is 7.31. The number of rotatable bonds is 7. The van der Waals surface area contributed by atoms with Gasteiger partial charge in [0.2, 0.25) is 5.91 Å². The van der Waals surface area contributed by atoms with Crippen LogP contribution in [0.2, 0.25) is 0 Å². The number of nitrogens with one attached hydrogen (secondary N) is 2. The van der Waals surface area contributed by atoms with Gasteiger partial charge in [0, 0.05) is 13.5 Å². The molecule has 0 saturated carbocycles. The first-order chi connectivity index (χ1) is 13.3. The molecule has 2 aromatic rings.